The Morgan fingerprint density at radius 3 is 2.21 bits per heavy atom. The zero-order chi connectivity index (χ0) is 10.1. The highest BCUT2D eigenvalue weighted by molar-refractivity contribution is 5.79. The maximum Gasteiger partial charge on any atom is 0.234 e. The lowest BCUT2D eigenvalue weighted by Crippen LogP contribution is -2.41. The van der Waals surface area contributed by atoms with E-state index in [0.29, 0.717) is 0 Å². The van der Waals surface area contributed by atoms with E-state index in [9.17, 15) is 4.79 Å². The van der Waals surface area contributed by atoms with Crippen molar-refractivity contribution in [3.05, 3.63) is 0 Å². The summed E-state index contributed by atoms with van der Waals surface area (Å²) in [5.74, 6) is 1.50. The van der Waals surface area contributed by atoms with Gasteiger partial charge in [-0.1, -0.05) is 12.8 Å². The predicted molar refractivity (Wildman–Crippen MR) is 55.7 cm³/mol. The molecule has 1 saturated heterocycles. The van der Waals surface area contributed by atoms with Gasteiger partial charge in [-0.3, -0.25) is 9.69 Å². The van der Waals surface area contributed by atoms with Crippen molar-refractivity contribution in [2.45, 2.75) is 38.6 Å². The highest BCUT2D eigenvalue weighted by Gasteiger charge is 2.37. The Bertz CT molecular complexity index is 215. The quantitative estimate of drug-likeness (QED) is 0.715. The van der Waals surface area contributed by atoms with Gasteiger partial charge in [-0.25, -0.2) is 0 Å². The van der Waals surface area contributed by atoms with Gasteiger partial charge in [-0.2, -0.15) is 0 Å². The van der Waals surface area contributed by atoms with Gasteiger partial charge in [0, 0.05) is 13.1 Å². The van der Waals surface area contributed by atoms with Crippen LogP contribution in [0.4, 0.5) is 0 Å². The summed E-state index contributed by atoms with van der Waals surface area (Å²) in [7, 11) is 0. The van der Waals surface area contributed by atoms with Gasteiger partial charge in [0.15, 0.2) is 0 Å². The summed E-state index contributed by atoms with van der Waals surface area (Å²) in [6.07, 6.45) is 5.46. The van der Waals surface area contributed by atoms with Crippen LogP contribution in [0.3, 0.4) is 0 Å². The van der Waals surface area contributed by atoms with Crippen molar-refractivity contribution in [2.24, 2.45) is 17.6 Å². The number of primary amides is 1. The Hall–Kier alpha value is -0.570. The highest BCUT2D eigenvalue weighted by Crippen LogP contribution is 2.36. The Labute approximate surface area is 85.6 Å². The Balaban J connectivity index is 1.95. The minimum absolute atomic E-state index is 0.0689. The van der Waals surface area contributed by atoms with Crippen LogP contribution in [0, 0.1) is 11.8 Å². The first-order valence-electron chi connectivity index (χ1n) is 5.72. The molecular weight excluding hydrogens is 176 g/mol. The van der Waals surface area contributed by atoms with Gasteiger partial charge >= 0.3 is 0 Å². The second-order valence-electron chi connectivity index (χ2n) is 4.84. The smallest absolute Gasteiger partial charge is 0.234 e. The molecule has 0 aromatic rings. The van der Waals surface area contributed by atoms with E-state index in [0.717, 1.165) is 24.9 Å². The first kappa shape index (κ1) is 9.97. The Kier molecular flexibility index (Phi) is 2.77. The topological polar surface area (TPSA) is 46.3 Å². The van der Waals surface area contributed by atoms with E-state index in [4.69, 9.17) is 5.73 Å². The number of carbonyl (C=O) groups is 1. The van der Waals surface area contributed by atoms with Crippen LogP contribution in [0.1, 0.15) is 32.6 Å². The van der Waals surface area contributed by atoms with Crippen molar-refractivity contribution in [3.8, 4) is 0 Å². The van der Waals surface area contributed by atoms with Crippen LogP contribution in [0.15, 0.2) is 0 Å². The number of nitrogens with two attached hydrogens (primary N) is 1. The largest absolute Gasteiger partial charge is 0.368 e. The molecule has 1 heterocycles. The lowest BCUT2D eigenvalue weighted by Gasteiger charge is -2.23. The molecule has 1 aliphatic carbocycles. The molecule has 2 fully saturated rings. The lowest BCUT2D eigenvalue weighted by atomic mass is 9.82. The minimum Gasteiger partial charge on any atom is -0.368 e. The number of hydrogen-bond acceptors (Lipinski definition) is 2. The average molecular weight is 196 g/mol. The van der Waals surface area contributed by atoms with Crippen LogP contribution in [0.2, 0.25) is 0 Å². The molecule has 1 aliphatic heterocycles. The van der Waals surface area contributed by atoms with Crippen LogP contribution >= 0.6 is 0 Å². The first-order chi connectivity index (χ1) is 6.68. The van der Waals surface area contributed by atoms with Gasteiger partial charge in [-0.05, 0) is 31.6 Å². The van der Waals surface area contributed by atoms with E-state index in [1.807, 2.05) is 6.92 Å². The summed E-state index contributed by atoms with van der Waals surface area (Å²) in [6.45, 7) is 4.11. The van der Waals surface area contributed by atoms with Gasteiger partial charge in [0.05, 0.1) is 6.04 Å². The van der Waals surface area contributed by atoms with Crippen molar-refractivity contribution in [1.29, 1.82) is 0 Å². The van der Waals surface area contributed by atoms with E-state index >= 15 is 0 Å². The molecule has 0 aromatic heterocycles. The molecule has 2 aliphatic rings. The third-order valence-electron chi connectivity index (χ3n) is 3.96. The summed E-state index contributed by atoms with van der Waals surface area (Å²) < 4.78 is 0. The molecule has 1 amide bonds. The number of amides is 1. The fraction of sp³-hybridized carbons (Fsp3) is 0.909. The highest BCUT2D eigenvalue weighted by atomic mass is 16.1. The zero-order valence-corrected chi connectivity index (χ0v) is 8.91. The van der Waals surface area contributed by atoms with Gasteiger partial charge in [0.1, 0.15) is 0 Å². The molecule has 3 nitrogen and oxygen atoms in total. The van der Waals surface area contributed by atoms with Crippen molar-refractivity contribution in [3.63, 3.8) is 0 Å². The summed E-state index contributed by atoms with van der Waals surface area (Å²) in [5, 5.41) is 0. The predicted octanol–water partition coefficient (Wildman–Crippen LogP) is 0.982. The summed E-state index contributed by atoms with van der Waals surface area (Å²) in [6, 6.07) is -0.0689. The molecule has 3 atom stereocenters. The Morgan fingerprint density at radius 2 is 1.79 bits per heavy atom. The van der Waals surface area contributed by atoms with Crippen molar-refractivity contribution in [1.82, 2.24) is 4.90 Å². The summed E-state index contributed by atoms with van der Waals surface area (Å²) >= 11 is 0. The third kappa shape index (κ3) is 1.78. The molecule has 1 saturated carbocycles. The SMILES string of the molecule is CC(C(N)=O)N1CC2CCCCC2C1. The first-order valence-corrected chi connectivity index (χ1v) is 5.72. The van der Waals surface area contributed by atoms with Crippen LogP contribution < -0.4 is 5.73 Å². The van der Waals surface area contributed by atoms with E-state index in [1.54, 1.807) is 0 Å². The number of fused-ring (bicyclic) bond motifs is 1. The van der Waals surface area contributed by atoms with Crippen molar-refractivity contribution < 1.29 is 4.79 Å². The molecule has 80 valence electrons. The lowest BCUT2D eigenvalue weighted by molar-refractivity contribution is -0.122. The average Bonchev–Trinajstić information content (AvgIpc) is 2.59. The van der Waals surface area contributed by atoms with Gasteiger partial charge in [0.2, 0.25) is 5.91 Å². The summed E-state index contributed by atoms with van der Waals surface area (Å²) in [4.78, 5) is 13.3. The second kappa shape index (κ2) is 3.89. The molecule has 0 spiro atoms. The number of rotatable bonds is 2. The fourth-order valence-corrected chi connectivity index (χ4v) is 2.94. The normalized spacial score (nSPS) is 35.2. The van der Waals surface area contributed by atoms with Crippen molar-refractivity contribution in [2.75, 3.05) is 13.1 Å². The second-order valence-corrected chi connectivity index (χ2v) is 4.84. The minimum atomic E-state index is -0.177. The molecule has 2 N–H and O–H groups in total. The van der Waals surface area contributed by atoms with E-state index < -0.39 is 0 Å². The molecule has 3 unspecified atom stereocenters. The van der Waals surface area contributed by atoms with Crippen molar-refractivity contribution >= 4 is 5.91 Å². The molecular formula is C11H20N2O. The Morgan fingerprint density at radius 1 is 1.29 bits per heavy atom. The molecule has 2 rings (SSSR count). The fourth-order valence-electron chi connectivity index (χ4n) is 2.94. The van der Waals surface area contributed by atoms with E-state index in [1.165, 1.54) is 25.7 Å². The van der Waals surface area contributed by atoms with Crippen LogP contribution in [0.25, 0.3) is 0 Å². The number of nitrogens with zero attached hydrogens (tertiary/aromatic N) is 1. The van der Waals surface area contributed by atoms with Crippen LogP contribution in [-0.4, -0.2) is 29.9 Å². The number of carbonyl (C=O) groups excluding carboxylic acids is 1. The van der Waals surface area contributed by atoms with Crippen LogP contribution in [0.5, 0.6) is 0 Å². The zero-order valence-electron chi connectivity index (χ0n) is 8.91. The molecule has 3 heteroatoms. The maximum atomic E-state index is 11.1. The molecule has 0 aromatic carbocycles. The van der Waals surface area contributed by atoms with E-state index in [-0.39, 0.29) is 11.9 Å². The molecule has 0 bridgehead atoms. The maximum absolute atomic E-state index is 11.1. The van der Waals surface area contributed by atoms with Gasteiger partial charge in [-0.15, -0.1) is 0 Å². The molecule has 0 radical (unpaired) electrons. The number of likely N-dealkylation sites (tertiary alicyclic amines) is 1. The van der Waals surface area contributed by atoms with E-state index in [2.05, 4.69) is 4.90 Å². The molecule has 14 heavy (non-hydrogen) atoms. The number of hydrogen-bond donors (Lipinski definition) is 1. The standard InChI is InChI=1S/C11H20N2O/c1-8(11(12)14)13-6-9-4-2-3-5-10(9)7-13/h8-10H,2-7H2,1H3,(H2,12,14). The monoisotopic (exact) mass is 196 g/mol. The van der Waals surface area contributed by atoms with Crippen LogP contribution in [-0.2, 0) is 4.79 Å². The third-order valence-corrected chi connectivity index (χ3v) is 3.96. The van der Waals surface area contributed by atoms with Gasteiger partial charge < -0.3 is 5.73 Å². The summed E-state index contributed by atoms with van der Waals surface area (Å²) in [5.41, 5.74) is 5.32. The van der Waals surface area contributed by atoms with Gasteiger partial charge in [0.25, 0.3) is 0 Å².